The molecule has 2 nitrogen and oxygen atoms in total. The summed E-state index contributed by atoms with van der Waals surface area (Å²) < 4.78 is 0. The quantitative estimate of drug-likeness (QED) is 0.837. The van der Waals surface area contributed by atoms with Crippen molar-refractivity contribution in [1.29, 1.82) is 0 Å². The highest BCUT2D eigenvalue weighted by Crippen LogP contribution is 2.35. The van der Waals surface area contributed by atoms with Gasteiger partial charge in [0.15, 0.2) is 0 Å². The van der Waals surface area contributed by atoms with Crippen molar-refractivity contribution in [2.75, 3.05) is 5.73 Å². The first-order chi connectivity index (χ1) is 9.04. The fourth-order valence-electron chi connectivity index (χ4n) is 2.98. The second-order valence-electron chi connectivity index (χ2n) is 5.48. The number of hydrogen-bond donors (Lipinski definition) is 1. The topological polar surface area (TPSA) is 29.3 Å². The summed E-state index contributed by atoms with van der Waals surface area (Å²) in [5.74, 6) is 0. The first-order valence-corrected chi connectivity index (χ1v) is 7.54. The minimum atomic E-state index is 0.471. The SMILES string of the molecule is Cc1cc(C(C)N2Cc3ccc(N)cc3C2)c(C)s1. The zero-order valence-electron chi connectivity index (χ0n) is 11.7. The van der Waals surface area contributed by atoms with Gasteiger partial charge in [-0.2, -0.15) is 0 Å². The van der Waals surface area contributed by atoms with Crippen molar-refractivity contribution in [1.82, 2.24) is 4.90 Å². The number of benzene rings is 1. The van der Waals surface area contributed by atoms with E-state index in [-0.39, 0.29) is 0 Å². The largest absolute Gasteiger partial charge is 0.399 e. The van der Waals surface area contributed by atoms with E-state index in [1.807, 2.05) is 17.4 Å². The highest BCUT2D eigenvalue weighted by molar-refractivity contribution is 7.12. The monoisotopic (exact) mass is 272 g/mol. The first-order valence-electron chi connectivity index (χ1n) is 6.73. The van der Waals surface area contributed by atoms with Crippen molar-refractivity contribution in [3.8, 4) is 0 Å². The highest BCUT2D eigenvalue weighted by Gasteiger charge is 2.25. The maximum Gasteiger partial charge on any atom is 0.0337 e. The average molecular weight is 272 g/mol. The van der Waals surface area contributed by atoms with E-state index in [0.29, 0.717) is 6.04 Å². The van der Waals surface area contributed by atoms with Crippen molar-refractivity contribution in [2.45, 2.75) is 39.9 Å². The Labute approximate surface area is 118 Å². The lowest BCUT2D eigenvalue weighted by Crippen LogP contribution is -2.20. The van der Waals surface area contributed by atoms with Gasteiger partial charge in [0.25, 0.3) is 0 Å². The van der Waals surface area contributed by atoms with Crippen LogP contribution in [0.4, 0.5) is 5.69 Å². The molecule has 0 bridgehead atoms. The molecule has 2 heterocycles. The van der Waals surface area contributed by atoms with Crippen molar-refractivity contribution < 1.29 is 0 Å². The van der Waals surface area contributed by atoms with Crippen LogP contribution in [0.15, 0.2) is 24.3 Å². The Balaban J connectivity index is 1.84. The lowest BCUT2D eigenvalue weighted by atomic mass is 10.1. The number of hydrogen-bond acceptors (Lipinski definition) is 3. The Morgan fingerprint density at radius 2 is 1.89 bits per heavy atom. The molecule has 2 N–H and O–H groups in total. The smallest absolute Gasteiger partial charge is 0.0337 e. The van der Waals surface area contributed by atoms with Gasteiger partial charge in [-0.05, 0) is 55.7 Å². The normalized spacial score (nSPS) is 16.6. The second kappa shape index (κ2) is 4.66. The lowest BCUT2D eigenvalue weighted by molar-refractivity contribution is 0.215. The van der Waals surface area contributed by atoms with Gasteiger partial charge in [-0.1, -0.05) is 6.07 Å². The van der Waals surface area contributed by atoms with E-state index in [1.54, 1.807) is 0 Å². The Kier molecular flexibility index (Phi) is 3.11. The lowest BCUT2D eigenvalue weighted by Gasteiger charge is -2.24. The fourth-order valence-corrected chi connectivity index (χ4v) is 3.99. The van der Waals surface area contributed by atoms with Crippen LogP contribution >= 0.6 is 11.3 Å². The molecule has 0 aliphatic carbocycles. The molecule has 0 saturated carbocycles. The van der Waals surface area contributed by atoms with Crippen molar-refractivity contribution in [2.24, 2.45) is 0 Å². The number of rotatable bonds is 2. The number of nitrogen functional groups attached to an aromatic ring is 1. The van der Waals surface area contributed by atoms with Gasteiger partial charge in [0.1, 0.15) is 0 Å². The molecule has 100 valence electrons. The van der Waals surface area contributed by atoms with Crippen LogP contribution in [0.3, 0.4) is 0 Å². The maximum atomic E-state index is 5.87. The predicted octanol–water partition coefficient (Wildman–Crippen LogP) is 4.02. The van der Waals surface area contributed by atoms with Crippen molar-refractivity contribution in [3.05, 3.63) is 50.7 Å². The molecule has 3 heteroatoms. The van der Waals surface area contributed by atoms with E-state index in [4.69, 9.17) is 5.73 Å². The number of thiophene rings is 1. The Bertz CT molecular complexity index is 615. The summed E-state index contributed by atoms with van der Waals surface area (Å²) in [6, 6.07) is 9.10. The van der Waals surface area contributed by atoms with E-state index in [9.17, 15) is 0 Å². The van der Waals surface area contributed by atoms with Crippen LogP contribution in [-0.4, -0.2) is 4.90 Å². The van der Waals surface area contributed by atoms with Crippen LogP contribution in [0, 0.1) is 13.8 Å². The van der Waals surface area contributed by atoms with E-state index >= 15 is 0 Å². The minimum Gasteiger partial charge on any atom is -0.399 e. The van der Waals surface area contributed by atoms with Crippen LogP contribution < -0.4 is 5.73 Å². The molecule has 1 unspecified atom stereocenters. The molecule has 1 aliphatic rings. The van der Waals surface area contributed by atoms with Crippen LogP contribution in [0.5, 0.6) is 0 Å². The third-order valence-electron chi connectivity index (χ3n) is 4.05. The van der Waals surface area contributed by atoms with Gasteiger partial charge < -0.3 is 5.73 Å². The van der Waals surface area contributed by atoms with Gasteiger partial charge in [0.2, 0.25) is 0 Å². The summed E-state index contributed by atoms with van der Waals surface area (Å²) in [6.07, 6.45) is 0. The molecule has 1 atom stereocenters. The average Bonchev–Trinajstić information content (AvgIpc) is 2.91. The van der Waals surface area contributed by atoms with Crippen molar-refractivity contribution in [3.63, 3.8) is 0 Å². The molecule has 0 fully saturated rings. The molecule has 3 rings (SSSR count). The fraction of sp³-hybridized carbons (Fsp3) is 0.375. The second-order valence-corrected chi connectivity index (χ2v) is 6.94. The van der Waals surface area contributed by atoms with Gasteiger partial charge in [0, 0.05) is 34.6 Å². The molecule has 0 spiro atoms. The van der Waals surface area contributed by atoms with Gasteiger partial charge >= 0.3 is 0 Å². The van der Waals surface area contributed by atoms with Crippen molar-refractivity contribution >= 4 is 17.0 Å². The molecule has 1 aromatic heterocycles. The first kappa shape index (κ1) is 12.7. The third-order valence-corrected chi connectivity index (χ3v) is 5.04. The van der Waals surface area contributed by atoms with Crippen LogP contribution in [-0.2, 0) is 13.1 Å². The zero-order chi connectivity index (χ0) is 13.6. The van der Waals surface area contributed by atoms with E-state index in [0.717, 1.165) is 18.8 Å². The molecular formula is C16H20N2S. The zero-order valence-corrected chi connectivity index (χ0v) is 12.6. The highest BCUT2D eigenvalue weighted by atomic mass is 32.1. The standard InChI is InChI=1S/C16H20N2S/c1-10-6-16(12(3)19-10)11(2)18-8-13-4-5-15(17)7-14(13)9-18/h4-7,11H,8-9,17H2,1-3H3. The van der Waals surface area contributed by atoms with Gasteiger partial charge in [-0.25, -0.2) is 0 Å². The summed E-state index contributed by atoms with van der Waals surface area (Å²) in [4.78, 5) is 5.37. The summed E-state index contributed by atoms with van der Waals surface area (Å²) >= 11 is 1.90. The van der Waals surface area contributed by atoms with Crippen LogP contribution in [0.25, 0.3) is 0 Å². The molecule has 1 aromatic carbocycles. The number of aryl methyl sites for hydroxylation is 2. The molecule has 2 aromatic rings. The molecular weight excluding hydrogens is 252 g/mol. The van der Waals surface area contributed by atoms with Crippen LogP contribution in [0.1, 0.15) is 39.4 Å². The summed E-state index contributed by atoms with van der Waals surface area (Å²) in [5.41, 5.74) is 11.0. The Morgan fingerprint density at radius 3 is 2.58 bits per heavy atom. The summed E-state index contributed by atoms with van der Waals surface area (Å²) in [6.45, 7) is 8.77. The number of anilines is 1. The van der Waals surface area contributed by atoms with E-state index < -0.39 is 0 Å². The van der Waals surface area contributed by atoms with E-state index in [1.165, 1.54) is 26.4 Å². The Hall–Kier alpha value is -1.32. The number of nitrogens with two attached hydrogens (primary N) is 1. The minimum absolute atomic E-state index is 0.471. The molecule has 19 heavy (non-hydrogen) atoms. The summed E-state index contributed by atoms with van der Waals surface area (Å²) in [5, 5.41) is 0. The summed E-state index contributed by atoms with van der Waals surface area (Å²) in [7, 11) is 0. The van der Waals surface area contributed by atoms with Gasteiger partial charge in [-0.15, -0.1) is 11.3 Å². The molecule has 1 aliphatic heterocycles. The predicted molar refractivity (Wildman–Crippen MR) is 82.3 cm³/mol. The van der Waals surface area contributed by atoms with E-state index in [2.05, 4.69) is 43.9 Å². The molecule has 0 radical (unpaired) electrons. The third kappa shape index (κ3) is 2.28. The number of fused-ring (bicyclic) bond motifs is 1. The molecule has 0 saturated heterocycles. The van der Waals surface area contributed by atoms with Gasteiger partial charge in [0.05, 0.1) is 0 Å². The Morgan fingerprint density at radius 1 is 1.16 bits per heavy atom. The number of nitrogens with zero attached hydrogens (tertiary/aromatic N) is 1. The molecule has 0 amide bonds. The maximum absolute atomic E-state index is 5.87. The van der Waals surface area contributed by atoms with Crippen LogP contribution in [0.2, 0.25) is 0 Å². The van der Waals surface area contributed by atoms with Gasteiger partial charge in [-0.3, -0.25) is 4.90 Å².